The van der Waals surface area contributed by atoms with E-state index in [4.69, 9.17) is 0 Å². The van der Waals surface area contributed by atoms with Crippen LogP contribution < -0.4 is 0 Å². The van der Waals surface area contributed by atoms with Gasteiger partial charge >= 0.3 is 0 Å². The minimum atomic E-state index is 0. The minimum absolute atomic E-state index is 0. The van der Waals surface area contributed by atoms with Crippen LogP contribution in [0.4, 0.5) is 0 Å². The Kier molecular flexibility index (Phi) is 11.7. The van der Waals surface area contributed by atoms with Crippen LogP contribution >= 0.6 is 0 Å². The van der Waals surface area contributed by atoms with Crippen LogP contribution in [0.15, 0.2) is 23.9 Å². The number of allylic oxidation sites excluding steroid dienone is 3. The maximum absolute atomic E-state index is 3.77. The predicted octanol–water partition coefficient (Wildman–Crippen LogP) is 2.43. The van der Waals surface area contributed by atoms with Gasteiger partial charge in [0.05, 0.1) is 0 Å². The molecule has 1 nitrogen and oxygen atoms in total. The van der Waals surface area contributed by atoms with Gasteiger partial charge in [0.25, 0.3) is 0 Å². The van der Waals surface area contributed by atoms with Gasteiger partial charge in [-0.3, -0.25) is 0 Å². The summed E-state index contributed by atoms with van der Waals surface area (Å²) in [6.07, 6.45) is 6.09. The molecule has 0 N–H and O–H groups in total. The van der Waals surface area contributed by atoms with Gasteiger partial charge in [0.1, 0.15) is 0 Å². The van der Waals surface area contributed by atoms with Gasteiger partial charge in [-0.25, -0.2) is 0 Å². The summed E-state index contributed by atoms with van der Waals surface area (Å²) in [4.78, 5) is 2.04. The van der Waals surface area contributed by atoms with Crippen LogP contribution in [0.3, 0.4) is 0 Å². The average molecular weight is 240 g/mol. The normalized spacial score (nSPS) is 9.33. The van der Waals surface area contributed by atoms with Crippen LogP contribution in [0.25, 0.3) is 0 Å². The third kappa shape index (κ3) is 8.48. The fraction of sp³-hybridized carbons (Fsp3) is 0.400. The molecule has 0 fully saturated rings. The van der Waals surface area contributed by atoms with Gasteiger partial charge in [-0.2, -0.15) is 0 Å². The van der Waals surface area contributed by atoms with Gasteiger partial charge in [-0.15, -0.1) is 13.1 Å². The Morgan fingerprint density at radius 3 is 2.08 bits per heavy atom. The molecule has 0 aliphatic rings. The van der Waals surface area contributed by atoms with E-state index in [0.717, 1.165) is 13.1 Å². The second kappa shape index (κ2) is 9.47. The van der Waals surface area contributed by atoms with Crippen LogP contribution in [0.2, 0.25) is 0 Å². The molecule has 0 saturated heterocycles. The van der Waals surface area contributed by atoms with E-state index in [2.05, 4.69) is 33.8 Å². The van der Waals surface area contributed by atoms with Crippen LogP contribution in [0, 0.1) is 13.8 Å². The summed E-state index contributed by atoms with van der Waals surface area (Å²) in [6.45, 7) is 13.2. The monoisotopic (exact) mass is 240 g/mol. The Hall–Kier alpha value is 0.384. The molecule has 0 amide bonds. The van der Waals surface area contributed by atoms with Gasteiger partial charge in [-0.05, 0) is 26.1 Å². The number of hydrogen-bond donors (Lipinski definition) is 0. The van der Waals surface area contributed by atoms with E-state index in [1.165, 1.54) is 5.57 Å². The molecule has 67 valence electrons. The molecular formula is C10H17NY-2. The van der Waals surface area contributed by atoms with Gasteiger partial charge in [0.2, 0.25) is 0 Å². The molecule has 0 aromatic carbocycles. The second-order valence-electron chi connectivity index (χ2n) is 2.62. The van der Waals surface area contributed by atoms with Crippen molar-refractivity contribution in [1.29, 1.82) is 0 Å². The van der Waals surface area contributed by atoms with Crippen LogP contribution in [-0.4, -0.2) is 18.0 Å². The zero-order chi connectivity index (χ0) is 8.69. The van der Waals surface area contributed by atoms with Crippen molar-refractivity contribution < 1.29 is 32.7 Å². The Labute approximate surface area is 102 Å². The van der Waals surface area contributed by atoms with Crippen LogP contribution in [0.1, 0.15) is 13.8 Å². The zero-order valence-electron chi connectivity index (χ0n) is 8.09. The van der Waals surface area contributed by atoms with E-state index in [0.29, 0.717) is 0 Å². The molecule has 0 aromatic rings. The number of nitrogens with zero attached hydrogens (tertiary/aromatic N) is 1. The summed E-state index contributed by atoms with van der Waals surface area (Å²) < 4.78 is 0. The molecule has 12 heavy (non-hydrogen) atoms. The first kappa shape index (κ1) is 14.9. The summed E-state index contributed by atoms with van der Waals surface area (Å²) in [5, 5.41) is 0. The second-order valence-corrected chi connectivity index (χ2v) is 2.62. The van der Waals surface area contributed by atoms with Gasteiger partial charge in [-0.1, -0.05) is 11.6 Å². The van der Waals surface area contributed by atoms with Crippen molar-refractivity contribution in [3.63, 3.8) is 0 Å². The summed E-state index contributed by atoms with van der Waals surface area (Å²) in [5.41, 5.74) is 1.30. The van der Waals surface area contributed by atoms with Crippen molar-refractivity contribution in [2.45, 2.75) is 13.8 Å². The quantitative estimate of drug-likeness (QED) is 0.539. The third-order valence-corrected chi connectivity index (χ3v) is 1.30. The third-order valence-electron chi connectivity index (χ3n) is 1.30. The van der Waals surface area contributed by atoms with Crippen molar-refractivity contribution in [2.24, 2.45) is 0 Å². The van der Waals surface area contributed by atoms with Crippen molar-refractivity contribution in [3.8, 4) is 0 Å². The fourth-order valence-electron chi connectivity index (χ4n) is 0.618. The topological polar surface area (TPSA) is 3.24 Å². The summed E-state index contributed by atoms with van der Waals surface area (Å²) in [6, 6.07) is 0. The first-order chi connectivity index (χ1) is 5.20. The van der Waals surface area contributed by atoms with Crippen LogP contribution in [-0.2, 0) is 32.7 Å². The molecule has 0 aromatic heterocycles. The zero-order valence-corrected chi connectivity index (χ0v) is 10.9. The van der Waals surface area contributed by atoms with E-state index >= 15 is 0 Å². The number of rotatable bonds is 4. The Morgan fingerprint density at radius 1 is 1.25 bits per heavy atom. The van der Waals surface area contributed by atoms with E-state index in [1.54, 1.807) is 0 Å². The molecule has 0 aliphatic heterocycles. The molecule has 1 radical (unpaired) electrons. The fourth-order valence-corrected chi connectivity index (χ4v) is 0.618. The van der Waals surface area contributed by atoms with Gasteiger partial charge in [0, 0.05) is 32.7 Å². The van der Waals surface area contributed by atoms with Crippen molar-refractivity contribution >= 4 is 0 Å². The molecule has 2 heteroatoms. The van der Waals surface area contributed by atoms with Crippen molar-refractivity contribution in [3.05, 3.63) is 37.8 Å². The average Bonchev–Trinajstić information content (AvgIpc) is 1.98. The van der Waals surface area contributed by atoms with E-state index < -0.39 is 0 Å². The minimum Gasteiger partial charge on any atom is -0.437 e. The Morgan fingerprint density at radius 2 is 1.75 bits per heavy atom. The van der Waals surface area contributed by atoms with Gasteiger partial charge in [0.15, 0.2) is 0 Å². The first-order valence-corrected chi connectivity index (χ1v) is 3.85. The molecule has 0 atom stereocenters. The molecular weight excluding hydrogens is 223 g/mol. The maximum atomic E-state index is 3.77. The smallest absolute Gasteiger partial charge is 0 e. The predicted molar refractivity (Wildman–Crippen MR) is 50.9 cm³/mol. The van der Waals surface area contributed by atoms with Crippen molar-refractivity contribution in [1.82, 2.24) is 4.90 Å². The summed E-state index contributed by atoms with van der Waals surface area (Å²) in [5.74, 6) is 0. The molecule has 0 bridgehead atoms. The van der Waals surface area contributed by atoms with Crippen molar-refractivity contribution in [2.75, 3.05) is 13.1 Å². The van der Waals surface area contributed by atoms with Gasteiger partial charge < -0.3 is 18.7 Å². The molecule has 0 heterocycles. The summed E-state index contributed by atoms with van der Waals surface area (Å²) >= 11 is 0. The molecule has 0 rings (SSSR count). The van der Waals surface area contributed by atoms with E-state index in [9.17, 15) is 0 Å². The largest absolute Gasteiger partial charge is 0.437 e. The molecule has 0 spiro atoms. The molecule has 0 unspecified atom stereocenters. The Balaban J connectivity index is 0. The molecule has 0 saturated carbocycles. The van der Waals surface area contributed by atoms with E-state index in [-0.39, 0.29) is 32.7 Å². The molecule has 0 aliphatic carbocycles. The SMILES string of the molecule is [CH2-]CN(/C=C/C=C(C)C)C[CH2-].[Y]. The standard InChI is InChI=1S/C10H17N.Y/c1-5-11(6-2)9-7-8-10(3)4;/h7-9H,1-2,5-6H2,3-4H3;/q-2;/b9-7+;. The number of hydrogen-bond acceptors (Lipinski definition) is 1. The first-order valence-electron chi connectivity index (χ1n) is 3.85. The summed E-state index contributed by atoms with van der Waals surface area (Å²) in [7, 11) is 0. The van der Waals surface area contributed by atoms with E-state index in [1.807, 2.05) is 17.2 Å². The van der Waals surface area contributed by atoms with Crippen LogP contribution in [0.5, 0.6) is 0 Å². The maximum Gasteiger partial charge on any atom is 0 e. The Bertz CT molecular complexity index is 142.